The maximum absolute atomic E-state index is 5.57. The summed E-state index contributed by atoms with van der Waals surface area (Å²) in [6.07, 6.45) is 7.45. The van der Waals surface area contributed by atoms with Crippen molar-refractivity contribution in [3.63, 3.8) is 0 Å². The Labute approximate surface area is 108 Å². The summed E-state index contributed by atoms with van der Waals surface area (Å²) in [4.78, 5) is 4.39. The first-order chi connectivity index (χ1) is 8.19. The number of thioether (sulfide) groups is 1. The molecule has 1 fully saturated rings. The number of nitrogens with one attached hydrogen (secondary N) is 1. The van der Waals surface area contributed by atoms with E-state index in [1.165, 1.54) is 25.7 Å². The highest BCUT2D eigenvalue weighted by atomic mass is 32.2. The Balaban J connectivity index is 1.75. The summed E-state index contributed by atoms with van der Waals surface area (Å²) in [6.45, 7) is 4.73. The van der Waals surface area contributed by atoms with Crippen LogP contribution in [-0.4, -0.2) is 22.5 Å². The number of hydrogen-bond acceptors (Lipinski definition) is 4. The lowest BCUT2D eigenvalue weighted by Crippen LogP contribution is -2.33. The molecule has 1 aromatic rings. The molecule has 4 heteroatoms. The highest BCUT2D eigenvalue weighted by Gasteiger charge is 2.20. The lowest BCUT2D eigenvalue weighted by atomic mass is 9.95. The molecule has 1 aromatic heterocycles. The predicted octanol–water partition coefficient (Wildman–Crippen LogP) is 3.06. The third-order valence-corrected chi connectivity index (χ3v) is 4.76. The van der Waals surface area contributed by atoms with Crippen LogP contribution in [-0.2, 0) is 6.54 Å². The van der Waals surface area contributed by atoms with Crippen LogP contribution in [0.15, 0.2) is 4.42 Å². The van der Waals surface area contributed by atoms with Gasteiger partial charge in [0.1, 0.15) is 5.76 Å². The van der Waals surface area contributed by atoms with E-state index in [1.807, 2.05) is 25.6 Å². The fraction of sp³-hybridized carbons (Fsp3) is 0.769. The topological polar surface area (TPSA) is 38.1 Å². The Morgan fingerprint density at radius 1 is 1.29 bits per heavy atom. The zero-order valence-corrected chi connectivity index (χ0v) is 11.8. The van der Waals surface area contributed by atoms with Crippen molar-refractivity contribution < 1.29 is 4.42 Å². The van der Waals surface area contributed by atoms with Gasteiger partial charge in [0, 0.05) is 11.3 Å². The van der Waals surface area contributed by atoms with Crippen LogP contribution in [0.25, 0.3) is 0 Å². The number of hydrogen-bond donors (Lipinski definition) is 1. The van der Waals surface area contributed by atoms with Gasteiger partial charge in [-0.25, -0.2) is 4.98 Å². The van der Waals surface area contributed by atoms with Gasteiger partial charge in [0.2, 0.25) is 5.89 Å². The van der Waals surface area contributed by atoms with E-state index in [0.717, 1.165) is 29.1 Å². The van der Waals surface area contributed by atoms with Crippen LogP contribution < -0.4 is 5.32 Å². The maximum atomic E-state index is 5.57. The van der Waals surface area contributed by atoms with Crippen molar-refractivity contribution in [2.24, 2.45) is 0 Å². The second-order valence-electron chi connectivity index (χ2n) is 4.84. The van der Waals surface area contributed by atoms with E-state index >= 15 is 0 Å². The van der Waals surface area contributed by atoms with Crippen molar-refractivity contribution in [1.29, 1.82) is 0 Å². The van der Waals surface area contributed by atoms with Gasteiger partial charge >= 0.3 is 0 Å². The molecule has 1 aliphatic carbocycles. The standard InChI is InChI=1S/C13H22N2OS/c1-9-10(2)16-13(15-9)8-14-11-4-6-12(17-3)7-5-11/h11-12,14H,4-8H2,1-3H3. The van der Waals surface area contributed by atoms with Crippen molar-refractivity contribution >= 4 is 11.8 Å². The average molecular weight is 254 g/mol. The van der Waals surface area contributed by atoms with Crippen LogP contribution in [0, 0.1) is 13.8 Å². The fourth-order valence-corrected chi connectivity index (χ4v) is 3.09. The third-order valence-electron chi connectivity index (χ3n) is 3.62. The molecule has 1 N–H and O–H groups in total. The molecule has 0 bridgehead atoms. The van der Waals surface area contributed by atoms with Crippen molar-refractivity contribution in [3.05, 3.63) is 17.3 Å². The molecule has 2 rings (SSSR count). The first kappa shape index (κ1) is 13.0. The molecule has 0 unspecified atom stereocenters. The largest absolute Gasteiger partial charge is 0.444 e. The minimum atomic E-state index is 0.644. The fourth-order valence-electron chi connectivity index (χ4n) is 2.35. The van der Waals surface area contributed by atoms with Crippen LogP contribution in [0.5, 0.6) is 0 Å². The van der Waals surface area contributed by atoms with Crippen LogP contribution in [0.4, 0.5) is 0 Å². The number of rotatable bonds is 4. The molecule has 0 spiro atoms. The van der Waals surface area contributed by atoms with E-state index in [-0.39, 0.29) is 0 Å². The molecular weight excluding hydrogens is 232 g/mol. The minimum absolute atomic E-state index is 0.644. The summed E-state index contributed by atoms with van der Waals surface area (Å²) in [7, 11) is 0. The molecule has 1 aliphatic rings. The van der Waals surface area contributed by atoms with Crippen molar-refractivity contribution in [2.75, 3.05) is 6.26 Å². The Bertz CT molecular complexity index is 337. The summed E-state index contributed by atoms with van der Waals surface area (Å²) >= 11 is 2.01. The van der Waals surface area contributed by atoms with E-state index in [2.05, 4.69) is 16.6 Å². The molecule has 1 saturated carbocycles. The maximum Gasteiger partial charge on any atom is 0.208 e. The van der Waals surface area contributed by atoms with E-state index in [1.54, 1.807) is 0 Å². The second-order valence-corrected chi connectivity index (χ2v) is 5.98. The van der Waals surface area contributed by atoms with Gasteiger partial charge in [0.15, 0.2) is 0 Å². The molecule has 17 heavy (non-hydrogen) atoms. The van der Waals surface area contributed by atoms with Gasteiger partial charge in [-0.3, -0.25) is 0 Å². The quantitative estimate of drug-likeness (QED) is 0.896. The van der Waals surface area contributed by atoms with E-state index in [9.17, 15) is 0 Å². The summed E-state index contributed by atoms with van der Waals surface area (Å²) < 4.78 is 5.57. The lowest BCUT2D eigenvalue weighted by molar-refractivity contribution is 0.355. The van der Waals surface area contributed by atoms with E-state index in [0.29, 0.717) is 6.04 Å². The lowest BCUT2D eigenvalue weighted by Gasteiger charge is -2.27. The van der Waals surface area contributed by atoms with E-state index < -0.39 is 0 Å². The summed E-state index contributed by atoms with van der Waals surface area (Å²) in [5.41, 5.74) is 1.01. The third kappa shape index (κ3) is 3.49. The Morgan fingerprint density at radius 3 is 2.53 bits per heavy atom. The molecule has 0 atom stereocenters. The predicted molar refractivity (Wildman–Crippen MR) is 72.4 cm³/mol. The average Bonchev–Trinajstić information content (AvgIpc) is 2.67. The van der Waals surface area contributed by atoms with Crippen LogP contribution in [0.1, 0.15) is 43.0 Å². The van der Waals surface area contributed by atoms with Crippen LogP contribution in [0.3, 0.4) is 0 Å². The number of oxazole rings is 1. The molecule has 0 aromatic carbocycles. The Hall–Kier alpha value is -0.480. The van der Waals surface area contributed by atoms with Gasteiger partial charge < -0.3 is 9.73 Å². The molecular formula is C13H22N2OS. The zero-order chi connectivity index (χ0) is 12.3. The molecule has 1 heterocycles. The van der Waals surface area contributed by atoms with E-state index in [4.69, 9.17) is 4.42 Å². The molecule has 96 valence electrons. The molecule has 0 aliphatic heterocycles. The van der Waals surface area contributed by atoms with Crippen molar-refractivity contribution in [3.8, 4) is 0 Å². The Kier molecular flexibility index (Phi) is 4.51. The number of nitrogens with zero attached hydrogens (tertiary/aromatic N) is 1. The van der Waals surface area contributed by atoms with Gasteiger partial charge in [0.05, 0.1) is 12.2 Å². The van der Waals surface area contributed by atoms with Crippen molar-refractivity contribution in [1.82, 2.24) is 10.3 Å². The van der Waals surface area contributed by atoms with Gasteiger partial charge in [-0.15, -0.1) is 0 Å². The molecule has 3 nitrogen and oxygen atoms in total. The van der Waals surface area contributed by atoms with Gasteiger partial charge in [0.25, 0.3) is 0 Å². The molecule has 0 radical (unpaired) electrons. The molecule has 0 amide bonds. The number of aryl methyl sites for hydroxylation is 2. The summed E-state index contributed by atoms with van der Waals surface area (Å²) in [5.74, 6) is 1.76. The second kappa shape index (κ2) is 5.91. The monoisotopic (exact) mass is 254 g/mol. The summed E-state index contributed by atoms with van der Waals surface area (Å²) in [5, 5.41) is 4.43. The Morgan fingerprint density at radius 2 is 2.00 bits per heavy atom. The molecule has 0 saturated heterocycles. The first-order valence-corrected chi connectivity index (χ1v) is 7.67. The zero-order valence-electron chi connectivity index (χ0n) is 11.0. The van der Waals surface area contributed by atoms with Crippen LogP contribution in [0.2, 0.25) is 0 Å². The van der Waals surface area contributed by atoms with Crippen LogP contribution >= 0.6 is 11.8 Å². The van der Waals surface area contributed by atoms with Crippen molar-refractivity contribution in [2.45, 2.75) is 57.4 Å². The SMILES string of the molecule is CSC1CCC(NCc2nc(C)c(C)o2)CC1. The smallest absolute Gasteiger partial charge is 0.208 e. The minimum Gasteiger partial charge on any atom is -0.444 e. The van der Waals surface area contributed by atoms with Gasteiger partial charge in [-0.05, 0) is 45.8 Å². The summed E-state index contributed by atoms with van der Waals surface area (Å²) in [6, 6.07) is 0.644. The number of aromatic nitrogens is 1. The highest BCUT2D eigenvalue weighted by molar-refractivity contribution is 7.99. The normalized spacial score (nSPS) is 25.1. The highest BCUT2D eigenvalue weighted by Crippen LogP contribution is 2.26. The first-order valence-electron chi connectivity index (χ1n) is 6.38. The van der Waals surface area contributed by atoms with Gasteiger partial charge in [-0.2, -0.15) is 11.8 Å². The van der Waals surface area contributed by atoms with Gasteiger partial charge in [-0.1, -0.05) is 0 Å².